The Bertz CT molecular complexity index is 2100. The van der Waals surface area contributed by atoms with E-state index in [4.69, 9.17) is 5.73 Å². The molecule has 4 heterocycles. The van der Waals surface area contributed by atoms with Crippen LogP contribution in [0.2, 0.25) is 0 Å². The van der Waals surface area contributed by atoms with Crippen LogP contribution >= 0.6 is 0 Å². The van der Waals surface area contributed by atoms with E-state index in [2.05, 4.69) is 30.5 Å². The first-order chi connectivity index (χ1) is 20.1. The number of aromatic nitrogens is 5. The van der Waals surface area contributed by atoms with Crippen LogP contribution < -0.4 is 11.1 Å². The van der Waals surface area contributed by atoms with E-state index in [0.717, 1.165) is 39.9 Å². The Morgan fingerprint density at radius 1 is 0.976 bits per heavy atom. The minimum atomic E-state index is -3.64. The third-order valence-corrected chi connectivity index (χ3v) is 8.22. The molecule has 6 rings (SSSR count). The van der Waals surface area contributed by atoms with Crippen molar-refractivity contribution in [3.63, 3.8) is 0 Å². The van der Waals surface area contributed by atoms with Gasteiger partial charge in [0, 0.05) is 52.5 Å². The summed E-state index contributed by atoms with van der Waals surface area (Å²) in [6, 6.07) is 15.4. The van der Waals surface area contributed by atoms with E-state index in [-0.39, 0.29) is 11.5 Å². The molecule has 1 unspecified atom stereocenters. The molecule has 0 aliphatic heterocycles. The maximum absolute atomic E-state index is 14.6. The Morgan fingerprint density at radius 2 is 1.79 bits per heavy atom. The standard InChI is InChI=1S/C30H26FN7O3S/c1-3-27(39)35-21-11-19(14-33-15-21)16-4-5-25-22(12-16)29(38-37-25)26-13-23-24(36-26)6-7-34-28(23)17-8-18(10-20(31)9-17)30(32)42(2,40)41/h4-15,30,36H,3,32H2,1-2H3,(H,35,39)(H,37,38). The number of aromatic amines is 2. The molecule has 10 nitrogen and oxygen atoms in total. The number of hydrogen-bond donors (Lipinski definition) is 4. The summed E-state index contributed by atoms with van der Waals surface area (Å²) in [4.78, 5) is 24.0. The van der Waals surface area contributed by atoms with Crippen molar-refractivity contribution in [3.8, 4) is 33.8 Å². The van der Waals surface area contributed by atoms with Gasteiger partial charge in [-0.3, -0.25) is 19.9 Å². The fourth-order valence-electron chi connectivity index (χ4n) is 4.89. The van der Waals surface area contributed by atoms with Gasteiger partial charge in [-0.2, -0.15) is 5.10 Å². The Labute approximate surface area is 240 Å². The number of nitrogens with zero attached hydrogens (tertiary/aromatic N) is 3. The van der Waals surface area contributed by atoms with Crippen LogP contribution in [0.3, 0.4) is 0 Å². The summed E-state index contributed by atoms with van der Waals surface area (Å²) in [5, 5.41) is 10.6. The second-order valence-electron chi connectivity index (χ2n) is 10.0. The monoisotopic (exact) mass is 583 g/mol. The van der Waals surface area contributed by atoms with Gasteiger partial charge < -0.3 is 16.0 Å². The average molecular weight is 584 g/mol. The van der Waals surface area contributed by atoms with E-state index in [1.54, 1.807) is 37.6 Å². The lowest BCUT2D eigenvalue weighted by Gasteiger charge is -2.12. The summed E-state index contributed by atoms with van der Waals surface area (Å²) in [5.74, 6) is -0.711. The van der Waals surface area contributed by atoms with Crippen LogP contribution in [-0.4, -0.2) is 45.7 Å². The molecule has 0 radical (unpaired) electrons. The summed E-state index contributed by atoms with van der Waals surface area (Å²) < 4.78 is 38.7. The Morgan fingerprint density at radius 3 is 2.57 bits per heavy atom. The first-order valence-corrected chi connectivity index (χ1v) is 15.0. The minimum absolute atomic E-state index is 0.0955. The fraction of sp³-hybridized carbons (Fsp3) is 0.133. The molecule has 0 bridgehead atoms. The lowest BCUT2D eigenvalue weighted by atomic mass is 10.0. The zero-order valence-electron chi connectivity index (χ0n) is 22.6. The van der Waals surface area contributed by atoms with Crippen LogP contribution in [0.4, 0.5) is 10.1 Å². The number of carbonyl (C=O) groups is 1. The molecule has 1 amide bonds. The molecule has 0 aliphatic carbocycles. The van der Waals surface area contributed by atoms with Gasteiger partial charge in [-0.25, -0.2) is 12.8 Å². The van der Waals surface area contributed by atoms with Crippen molar-refractivity contribution in [1.82, 2.24) is 25.1 Å². The predicted molar refractivity (Wildman–Crippen MR) is 160 cm³/mol. The van der Waals surface area contributed by atoms with Crippen molar-refractivity contribution >= 4 is 43.2 Å². The molecule has 2 aromatic carbocycles. The van der Waals surface area contributed by atoms with Crippen LogP contribution in [0.5, 0.6) is 0 Å². The fourth-order valence-corrected chi connectivity index (χ4v) is 5.52. The predicted octanol–water partition coefficient (Wildman–Crippen LogP) is 5.32. The van der Waals surface area contributed by atoms with Gasteiger partial charge in [0.15, 0.2) is 9.84 Å². The van der Waals surface area contributed by atoms with Gasteiger partial charge in [-0.05, 0) is 59.7 Å². The summed E-state index contributed by atoms with van der Waals surface area (Å²) in [6.07, 6.45) is 6.30. The highest BCUT2D eigenvalue weighted by atomic mass is 32.2. The lowest BCUT2D eigenvalue weighted by molar-refractivity contribution is -0.115. The van der Waals surface area contributed by atoms with Gasteiger partial charge >= 0.3 is 0 Å². The number of H-pyrrole nitrogens is 2. The van der Waals surface area contributed by atoms with Crippen molar-refractivity contribution in [1.29, 1.82) is 0 Å². The van der Waals surface area contributed by atoms with E-state index in [9.17, 15) is 17.6 Å². The summed E-state index contributed by atoms with van der Waals surface area (Å²) >= 11 is 0. The van der Waals surface area contributed by atoms with Crippen LogP contribution in [-0.2, 0) is 14.6 Å². The van der Waals surface area contributed by atoms with Crippen LogP contribution in [0.15, 0.2) is 73.2 Å². The largest absolute Gasteiger partial charge is 0.353 e. The van der Waals surface area contributed by atoms with Gasteiger partial charge in [0.05, 0.1) is 28.8 Å². The molecular weight excluding hydrogens is 557 g/mol. The van der Waals surface area contributed by atoms with Gasteiger partial charge in [-0.1, -0.05) is 13.0 Å². The van der Waals surface area contributed by atoms with Crippen molar-refractivity contribution in [2.45, 2.75) is 18.7 Å². The minimum Gasteiger partial charge on any atom is -0.353 e. The number of carbonyl (C=O) groups excluding carboxylic acids is 1. The zero-order chi connectivity index (χ0) is 29.6. The number of benzene rings is 2. The topological polar surface area (TPSA) is 160 Å². The van der Waals surface area contributed by atoms with Crippen molar-refractivity contribution in [2.24, 2.45) is 5.73 Å². The molecule has 212 valence electrons. The Balaban J connectivity index is 1.42. The van der Waals surface area contributed by atoms with Gasteiger partial charge in [0.2, 0.25) is 5.91 Å². The Hall–Kier alpha value is -4.94. The van der Waals surface area contributed by atoms with E-state index in [1.165, 1.54) is 6.07 Å². The van der Waals surface area contributed by atoms with E-state index >= 15 is 0 Å². The number of nitrogens with one attached hydrogen (secondary N) is 3. The molecule has 1 atom stereocenters. The maximum atomic E-state index is 14.6. The molecule has 0 spiro atoms. The molecule has 42 heavy (non-hydrogen) atoms. The maximum Gasteiger partial charge on any atom is 0.224 e. The first-order valence-electron chi connectivity index (χ1n) is 13.1. The quantitative estimate of drug-likeness (QED) is 0.198. The highest BCUT2D eigenvalue weighted by Crippen LogP contribution is 2.35. The van der Waals surface area contributed by atoms with Gasteiger partial charge in [0.1, 0.15) is 16.9 Å². The average Bonchev–Trinajstić information content (AvgIpc) is 3.59. The molecule has 4 aromatic heterocycles. The van der Waals surface area contributed by atoms with Crippen molar-refractivity contribution in [2.75, 3.05) is 11.6 Å². The number of amides is 1. The highest BCUT2D eigenvalue weighted by molar-refractivity contribution is 7.90. The lowest BCUT2D eigenvalue weighted by Crippen LogP contribution is -2.20. The molecule has 5 N–H and O–H groups in total. The number of anilines is 1. The van der Waals surface area contributed by atoms with Gasteiger partial charge in [0.25, 0.3) is 0 Å². The van der Waals surface area contributed by atoms with Crippen LogP contribution in [0.25, 0.3) is 55.6 Å². The van der Waals surface area contributed by atoms with Crippen LogP contribution in [0, 0.1) is 5.82 Å². The molecule has 0 saturated carbocycles. The van der Waals surface area contributed by atoms with Crippen molar-refractivity contribution < 1.29 is 17.6 Å². The molecular formula is C30H26FN7O3S. The van der Waals surface area contributed by atoms with Crippen LogP contribution in [0.1, 0.15) is 24.3 Å². The van der Waals surface area contributed by atoms with E-state index in [0.29, 0.717) is 40.1 Å². The second-order valence-corrected chi connectivity index (χ2v) is 12.2. The third kappa shape index (κ3) is 5.13. The molecule has 12 heteroatoms. The number of pyridine rings is 2. The summed E-state index contributed by atoms with van der Waals surface area (Å²) in [5.41, 5.74) is 12.2. The third-order valence-electron chi connectivity index (χ3n) is 7.03. The number of hydrogen-bond acceptors (Lipinski definition) is 7. The molecule has 0 saturated heterocycles. The molecule has 6 aromatic rings. The first kappa shape index (κ1) is 27.2. The second kappa shape index (κ2) is 10.5. The number of halogens is 1. The number of fused-ring (bicyclic) bond motifs is 2. The smallest absolute Gasteiger partial charge is 0.224 e. The summed E-state index contributed by atoms with van der Waals surface area (Å²) in [7, 11) is -3.64. The van der Waals surface area contributed by atoms with Crippen molar-refractivity contribution in [3.05, 3.63) is 84.6 Å². The number of sulfone groups is 1. The SMILES string of the molecule is CCC(=O)Nc1cncc(-c2ccc3[nH]nc(-c4cc5c(-c6cc(F)cc(C(N)S(C)(=O)=O)c6)nccc5[nH]4)c3c2)c1. The molecule has 0 aliphatic rings. The summed E-state index contributed by atoms with van der Waals surface area (Å²) in [6.45, 7) is 1.79. The zero-order valence-corrected chi connectivity index (χ0v) is 23.5. The van der Waals surface area contributed by atoms with E-state index < -0.39 is 21.0 Å². The number of rotatable bonds is 7. The number of nitrogens with two attached hydrogens (primary N) is 1. The normalized spacial score (nSPS) is 12.6. The van der Waals surface area contributed by atoms with E-state index in [1.807, 2.05) is 30.3 Å². The molecule has 0 fully saturated rings. The Kier molecular flexibility index (Phi) is 6.79. The van der Waals surface area contributed by atoms with Gasteiger partial charge in [-0.15, -0.1) is 0 Å². The highest BCUT2D eigenvalue weighted by Gasteiger charge is 2.21.